The minimum Gasteiger partial charge on any atom is -0.497 e. The van der Waals surface area contributed by atoms with E-state index < -0.39 is 17.5 Å². The minimum absolute atomic E-state index is 0.0160. The Morgan fingerprint density at radius 3 is 2.56 bits per heavy atom. The molecule has 0 aliphatic carbocycles. The molecule has 8 heteroatoms. The molecule has 2 aromatic rings. The van der Waals surface area contributed by atoms with Gasteiger partial charge in [-0.1, -0.05) is 12.1 Å². The molecule has 1 aromatic carbocycles. The Bertz CT molecular complexity index is 817. The first-order chi connectivity index (χ1) is 11.9. The Morgan fingerprint density at radius 1 is 1.28 bits per heavy atom. The normalized spacial score (nSPS) is 11.5. The van der Waals surface area contributed by atoms with Gasteiger partial charge < -0.3 is 20.4 Å². The lowest BCUT2D eigenvalue weighted by atomic mass is 10.0. The second kappa shape index (κ2) is 8.48. The molecule has 0 fully saturated rings. The van der Waals surface area contributed by atoms with Gasteiger partial charge in [0.2, 0.25) is 11.8 Å². The summed E-state index contributed by atoms with van der Waals surface area (Å²) in [5.74, 6) is 0.0301. The third-order valence-electron chi connectivity index (χ3n) is 3.43. The van der Waals surface area contributed by atoms with Crippen LogP contribution in [0.3, 0.4) is 0 Å². The number of benzene rings is 1. The predicted octanol–water partition coefficient (Wildman–Crippen LogP) is 2.35. The van der Waals surface area contributed by atoms with Gasteiger partial charge in [0.1, 0.15) is 11.4 Å². The molecule has 1 aromatic heterocycles. The number of methoxy groups -OCH3 is 1. The molecule has 0 bridgehead atoms. The van der Waals surface area contributed by atoms with Crippen molar-refractivity contribution in [2.75, 3.05) is 12.4 Å². The zero-order chi connectivity index (χ0) is 18.4. The van der Waals surface area contributed by atoms with E-state index in [0.29, 0.717) is 10.2 Å². The number of hydrogen-bond acceptors (Lipinski definition) is 4. The molecule has 1 atom stereocenters. The molecular formula is C17H18BrN3O4. The van der Waals surface area contributed by atoms with E-state index in [1.54, 1.807) is 31.4 Å². The van der Waals surface area contributed by atoms with Crippen molar-refractivity contribution in [2.45, 2.75) is 19.4 Å². The highest BCUT2D eigenvalue weighted by molar-refractivity contribution is 9.10. The molecule has 0 aliphatic rings. The Hall–Kier alpha value is -2.61. The van der Waals surface area contributed by atoms with Crippen LogP contribution in [0.15, 0.2) is 45.8 Å². The smallest absolute Gasteiger partial charge is 0.271 e. The summed E-state index contributed by atoms with van der Waals surface area (Å²) in [6.07, 6.45) is 1.47. The van der Waals surface area contributed by atoms with Crippen LogP contribution >= 0.6 is 15.9 Å². The van der Waals surface area contributed by atoms with Crippen LogP contribution in [-0.2, 0) is 9.59 Å². The minimum atomic E-state index is -0.519. The maximum atomic E-state index is 12.3. The van der Waals surface area contributed by atoms with Gasteiger partial charge in [0.05, 0.1) is 19.6 Å². The van der Waals surface area contributed by atoms with E-state index >= 15 is 0 Å². The fraction of sp³-hybridized carbons (Fsp3) is 0.235. The van der Waals surface area contributed by atoms with Gasteiger partial charge in [-0.2, -0.15) is 0 Å². The number of hydrogen-bond donors (Lipinski definition) is 3. The van der Waals surface area contributed by atoms with E-state index in [1.807, 2.05) is 0 Å². The first kappa shape index (κ1) is 18.7. The van der Waals surface area contributed by atoms with E-state index in [4.69, 9.17) is 4.74 Å². The second-order valence-corrected chi connectivity index (χ2v) is 6.25. The number of nitrogens with one attached hydrogen (secondary N) is 3. The maximum Gasteiger partial charge on any atom is 0.271 e. The van der Waals surface area contributed by atoms with Gasteiger partial charge in [-0.05, 0) is 39.7 Å². The number of aromatic amines is 1. The van der Waals surface area contributed by atoms with E-state index in [1.165, 1.54) is 19.2 Å². The van der Waals surface area contributed by atoms with Crippen LogP contribution in [0.25, 0.3) is 0 Å². The molecule has 0 spiro atoms. The molecule has 25 heavy (non-hydrogen) atoms. The van der Waals surface area contributed by atoms with E-state index in [2.05, 4.69) is 31.5 Å². The van der Waals surface area contributed by atoms with Crippen LogP contribution in [0.4, 0.5) is 5.69 Å². The van der Waals surface area contributed by atoms with Crippen LogP contribution < -0.4 is 20.9 Å². The summed E-state index contributed by atoms with van der Waals surface area (Å²) in [4.78, 5) is 38.0. The molecular weight excluding hydrogens is 390 g/mol. The Kier molecular flexibility index (Phi) is 6.35. The van der Waals surface area contributed by atoms with Crippen molar-refractivity contribution in [3.05, 3.63) is 56.9 Å². The summed E-state index contributed by atoms with van der Waals surface area (Å²) in [5, 5.41) is 5.30. The Morgan fingerprint density at radius 2 is 1.96 bits per heavy atom. The maximum absolute atomic E-state index is 12.3. The van der Waals surface area contributed by atoms with Crippen LogP contribution in [-0.4, -0.2) is 23.9 Å². The third-order valence-corrected chi connectivity index (χ3v) is 3.89. The van der Waals surface area contributed by atoms with Gasteiger partial charge >= 0.3 is 0 Å². The van der Waals surface area contributed by atoms with Crippen molar-refractivity contribution in [3.8, 4) is 5.75 Å². The zero-order valence-corrected chi connectivity index (χ0v) is 15.3. The van der Waals surface area contributed by atoms with Crippen LogP contribution in [0.5, 0.6) is 5.75 Å². The van der Waals surface area contributed by atoms with E-state index in [0.717, 1.165) is 5.56 Å². The first-order valence-electron chi connectivity index (χ1n) is 7.48. The lowest BCUT2D eigenvalue weighted by Crippen LogP contribution is -2.30. The number of anilines is 1. The highest BCUT2D eigenvalue weighted by Gasteiger charge is 2.18. The van der Waals surface area contributed by atoms with Gasteiger partial charge in [-0.25, -0.2) is 0 Å². The molecule has 1 heterocycles. The van der Waals surface area contributed by atoms with Crippen molar-refractivity contribution in [2.24, 2.45) is 0 Å². The van der Waals surface area contributed by atoms with Crippen LogP contribution in [0, 0.1) is 0 Å². The highest BCUT2D eigenvalue weighted by atomic mass is 79.9. The van der Waals surface area contributed by atoms with Gasteiger partial charge in [0, 0.05) is 17.6 Å². The highest BCUT2D eigenvalue weighted by Crippen LogP contribution is 2.21. The fourth-order valence-corrected chi connectivity index (χ4v) is 2.61. The number of amides is 2. The van der Waals surface area contributed by atoms with E-state index in [-0.39, 0.29) is 18.0 Å². The monoisotopic (exact) mass is 407 g/mol. The number of ether oxygens (including phenoxy) is 1. The van der Waals surface area contributed by atoms with E-state index in [9.17, 15) is 14.4 Å². The van der Waals surface area contributed by atoms with Gasteiger partial charge in [0.15, 0.2) is 0 Å². The zero-order valence-electron chi connectivity index (χ0n) is 13.8. The molecule has 1 unspecified atom stereocenters. The van der Waals surface area contributed by atoms with Crippen LogP contribution in [0.1, 0.15) is 24.9 Å². The summed E-state index contributed by atoms with van der Waals surface area (Å²) in [6, 6.07) is 8.05. The molecule has 7 nitrogen and oxygen atoms in total. The first-order valence-corrected chi connectivity index (χ1v) is 8.27. The third kappa shape index (κ3) is 5.46. The van der Waals surface area contributed by atoms with Crippen LogP contribution in [0.2, 0.25) is 0 Å². The van der Waals surface area contributed by atoms with Gasteiger partial charge in [-0.15, -0.1) is 0 Å². The SMILES string of the molecule is COc1ccc(C(CC(=O)Nc2cc(Br)c[nH]c2=O)NC(C)=O)cc1. The molecule has 0 radical (unpaired) electrons. The number of aromatic nitrogens is 1. The number of rotatable bonds is 6. The number of pyridine rings is 1. The molecule has 2 amide bonds. The van der Waals surface area contributed by atoms with Gasteiger partial charge in [-0.3, -0.25) is 14.4 Å². The number of carbonyl (C=O) groups is 2. The molecule has 0 saturated heterocycles. The topological polar surface area (TPSA) is 100 Å². The molecule has 0 saturated carbocycles. The summed E-state index contributed by atoms with van der Waals surface area (Å²) >= 11 is 3.23. The number of carbonyl (C=O) groups excluding carboxylic acids is 2. The van der Waals surface area contributed by atoms with Crippen molar-refractivity contribution < 1.29 is 14.3 Å². The van der Waals surface area contributed by atoms with Crippen molar-refractivity contribution in [3.63, 3.8) is 0 Å². The van der Waals surface area contributed by atoms with Gasteiger partial charge in [0.25, 0.3) is 5.56 Å². The predicted molar refractivity (Wildman–Crippen MR) is 97.6 cm³/mol. The molecule has 2 rings (SSSR count). The summed E-state index contributed by atoms with van der Waals surface area (Å²) in [5.41, 5.74) is 0.488. The van der Waals surface area contributed by atoms with Crippen molar-refractivity contribution >= 4 is 33.4 Å². The summed E-state index contributed by atoms with van der Waals surface area (Å²) in [7, 11) is 1.56. The van der Waals surface area contributed by atoms with Crippen molar-refractivity contribution in [1.29, 1.82) is 0 Å². The summed E-state index contributed by atoms with van der Waals surface area (Å²) < 4.78 is 5.74. The number of halogens is 1. The Balaban J connectivity index is 2.15. The molecule has 3 N–H and O–H groups in total. The summed E-state index contributed by atoms with van der Waals surface area (Å²) in [6.45, 7) is 1.38. The van der Waals surface area contributed by atoms with Crippen molar-refractivity contribution in [1.82, 2.24) is 10.3 Å². The number of H-pyrrole nitrogens is 1. The lowest BCUT2D eigenvalue weighted by molar-refractivity contribution is -0.120. The standard InChI is InChI=1S/C17H18BrN3O4/c1-10(22)20-14(11-3-5-13(25-2)6-4-11)8-16(23)21-15-7-12(18)9-19-17(15)24/h3-7,9,14H,8H2,1-2H3,(H,19,24)(H,20,22)(H,21,23). The quantitative estimate of drug-likeness (QED) is 0.683. The molecule has 132 valence electrons. The lowest BCUT2D eigenvalue weighted by Gasteiger charge is -2.18. The fourth-order valence-electron chi connectivity index (χ4n) is 2.27. The molecule has 0 aliphatic heterocycles. The Labute approximate surface area is 152 Å². The largest absolute Gasteiger partial charge is 0.497 e. The second-order valence-electron chi connectivity index (χ2n) is 5.34. The average molecular weight is 408 g/mol. The average Bonchev–Trinajstić information content (AvgIpc) is 2.57.